The summed E-state index contributed by atoms with van der Waals surface area (Å²) < 4.78 is 5.18. The van der Waals surface area contributed by atoms with Gasteiger partial charge in [0.2, 0.25) is 5.91 Å². The Bertz CT molecular complexity index is 529. The van der Waals surface area contributed by atoms with Gasteiger partial charge < -0.3 is 10.1 Å². The average molecular weight is 310 g/mol. The molecule has 1 aromatic carbocycles. The van der Waals surface area contributed by atoms with E-state index in [4.69, 9.17) is 16.3 Å². The average Bonchev–Trinajstić information content (AvgIpc) is 2.36. The molecule has 0 saturated carbocycles. The molecule has 114 valence electrons. The van der Waals surface area contributed by atoms with Gasteiger partial charge in [-0.2, -0.15) is 0 Å². The van der Waals surface area contributed by atoms with E-state index in [1.807, 2.05) is 0 Å². The Balaban J connectivity index is 2.53. The van der Waals surface area contributed by atoms with Crippen LogP contribution in [0.15, 0.2) is 30.3 Å². The summed E-state index contributed by atoms with van der Waals surface area (Å²) >= 11 is 5.78. The number of rotatable bonds is 4. The predicted octanol–water partition coefficient (Wildman–Crippen LogP) is 3.20. The van der Waals surface area contributed by atoms with Gasteiger partial charge in [-0.1, -0.05) is 23.7 Å². The number of carbonyl (C=O) groups excluding carboxylic acids is 2. The molecule has 21 heavy (non-hydrogen) atoms. The van der Waals surface area contributed by atoms with Gasteiger partial charge in [-0.25, -0.2) is 4.79 Å². The number of hydrogen-bond acceptors (Lipinski definition) is 3. The molecule has 1 aromatic rings. The van der Waals surface area contributed by atoms with Crippen molar-refractivity contribution in [1.29, 1.82) is 0 Å². The lowest BCUT2D eigenvalue weighted by Gasteiger charge is -2.22. The van der Waals surface area contributed by atoms with Crippen molar-refractivity contribution in [1.82, 2.24) is 5.32 Å². The van der Waals surface area contributed by atoms with Crippen molar-refractivity contribution < 1.29 is 14.3 Å². The van der Waals surface area contributed by atoms with Crippen molar-refractivity contribution in [2.24, 2.45) is 0 Å². The summed E-state index contributed by atoms with van der Waals surface area (Å²) in [5, 5.41) is 3.19. The predicted molar refractivity (Wildman–Crippen MR) is 83.9 cm³/mol. The fourth-order valence-electron chi connectivity index (χ4n) is 1.46. The minimum Gasteiger partial charge on any atom is -0.458 e. The molecule has 0 fully saturated rings. The van der Waals surface area contributed by atoms with Crippen LogP contribution in [0.5, 0.6) is 0 Å². The zero-order chi connectivity index (χ0) is 16.0. The first kappa shape index (κ1) is 17.2. The van der Waals surface area contributed by atoms with Crippen molar-refractivity contribution in [3.05, 3.63) is 40.9 Å². The Hall–Kier alpha value is -1.81. The molecule has 1 atom stereocenters. The van der Waals surface area contributed by atoms with Gasteiger partial charge in [0.1, 0.15) is 11.6 Å². The number of hydrogen-bond donors (Lipinski definition) is 1. The van der Waals surface area contributed by atoms with E-state index in [2.05, 4.69) is 5.32 Å². The lowest BCUT2D eigenvalue weighted by Crippen LogP contribution is -2.41. The van der Waals surface area contributed by atoms with Crippen molar-refractivity contribution in [2.75, 3.05) is 0 Å². The number of carbonyl (C=O) groups is 2. The minimum absolute atomic E-state index is 0.358. The van der Waals surface area contributed by atoms with E-state index in [-0.39, 0.29) is 5.91 Å². The minimum atomic E-state index is -0.702. The Morgan fingerprint density at radius 2 is 1.81 bits per heavy atom. The van der Waals surface area contributed by atoms with Gasteiger partial charge in [0.15, 0.2) is 0 Å². The van der Waals surface area contributed by atoms with E-state index in [9.17, 15) is 9.59 Å². The molecular weight excluding hydrogens is 290 g/mol. The van der Waals surface area contributed by atoms with Gasteiger partial charge in [0.05, 0.1) is 0 Å². The molecule has 0 bridgehead atoms. The molecule has 0 radical (unpaired) electrons. The quantitative estimate of drug-likeness (QED) is 0.686. The molecule has 1 amide bonds. The Morgan fingerprint density at radius 1 is 1.24 bits per heavy atom. The Morgan fingerprint density at radius 3 is 2.33 bits per heavy atom. The second-order valence-corrected chi connectivity index (χ2v) is 6.09. The molecule has 4 nitrogen and oxygen atoms in total. The highest BCUT2D eigenvalue weighted by Crippen LogP contribution is 2.11. The third kappa shape index (κ3) is 6.95. The van der Waals surface area contributed by atoms with E-state index in [1.54, 1.807) is 58.0 Å². The van der Waals surface area contributed by atoms with E-state index in [0.29, 0.717) is 5.02 Å². The molecule has 0 saturated heterocycles. The number of benzene rings is 1. The Kier molecular flexibility index (Phi) is 5.97. The Labute approximate surface area is 130 Å². The summed E-state index contributed by atoms with van der Waals surface area (Å²) in [6, 6.07) is 6.36. The van der Waals surface area contributed by atoms with Crippen molar-refractivity contribution >= 4 is 29.6 Å². The molecular formula is C16H20ClNO3. The molecule has 5 heteroatoms. The summed E-state index contributed by atoms with van der Waals surface area (Å²) in [4.78, 5) is 23.5. The summed E-state index contributed by atoms with van der Waals surface area (Å²) in [6.45, 7) is 6.92. The molecule has 0 spiro atoms. The van der Waals surface area contributed by atoms with Crippen LogP contribution in [0, 0.1) is 0 Å². The van der Waals surface area contributed by atoms with Gasteiger partial charge in [-0.15, -0.1) is 0 Å². The monoisotopic (exact) mass is 309 g/mol. The topological polar surface area (TPSA) is 55.4 Å². The van der Waals surface area contributed by atoms with Crippen LogP contribution in [0.2, 0.25) is 5.02 Å². The number of ether oxygens (including phenoxy) is 1. The molecule has 1 N–H and O–H groups in total. The van der Waals surface area contributed by atoms with E-state index >= 15 is 0 Å². The molecule has 0 aliphatic carbocycles. The van der Waals surface area contributed by atoms with Gasteiger partial charge in [0.25, 0.3) is 0 Å². The van der Waals surface area contributed by atoms with Gasteiger partial charge in [-0.05, 0) is 51.5 Å². The highest BCUT2D eigenvalue weighted by atomic mass is 35.5. The first-order valence-electron chi connectivity index (χ1n) is 6.64. The maximum absolute atomic E-state index is 11.7. The number of esters is 1. The standard InChI is InChI=1S/C16H20ClNO3/c1-11(15(20)21-16(2,3)4)18-14(19)10-7-12-5-8-13(17)9-6-12/h5-11H,1-4H3,(H,18,19)/b10-7+/t11-/m0/s1. The summed E-state index contributed by atoms with van der Waals surface area (Å²) in [6.07, 6.45) is 3.01. The summed E-state index contributed by atoms with van der Waals surface area (Å²) in [5.74, 6) is -0.820. The largest absolute Gasteiger partial charge is 0.458 e. The fourth-order valence-corrected chi connectivity index (χ4v) is 1.58. The van der Waals surface area contributed by atoms with Crippen molar-refractivity contribution in [2.45, 2.75) is 39.3 Å². The lowest BCUT2D eigenvalue weighted by molar-refractivity contribution is -0.157. The second kappa shape index (κ2) is 7.27. The molecule has 0 heterocycles. The summed E-state index contributed by atoms with van der Waals surface area (Å²) in [5.41, 5.74) is 0.273. The first-order chi connectivity index (χ1) is 9.67. The van der Waals surface area contributed by atoms with Crippen LogP contribution in [0.25, 0.3) is 6.08 Å². The van der Waals surface area contributed by atoms with Crippen LogP contribution in [-0.2, 0) is 14.3 Å². The third-order valence-electron chi connectivity index (χ3n) is 2.42. The molecule has 0 aliphatic rings. The van der Waals surface area contributed by atoms with E-state index in [1.165, 1.54) is 6.08 Å². The van der Waals surface area contributed by atoms with Crippen molar-refractivity contribution in [3.8, 4) is 0 Å². The zero-order valence-electron chi connectivity index (χ0n) is 12.6. The zero-order valence-corrected chi connectivity index (χ0v) is 13.4. The van der Waals surface area contributed by atoms with Crippen LogP contribution in [0.1, 0.15) is 33.3 Å². The van der Waals surface area contributed by atoms with Gasteiger partial charge in [-0.3, -0.25) is 4.79 Å². The normalized spacial score (nSPS) is 13.0. The lowest BCUT2D eigenvalue weighted by atomic mass is 10.2. The van der Waals surface area contributed by atoms with Crippen LogP contribution >= 0.6 is 11.6 Å². The summed E-state index contributed by atoms with van der Waals surface area (Å²) in [7, 11) is 0. The third-order valence-corrected chi connectivity index (χ3v) is 2.67. The first-order valence-corrected chi connectivity index (χ1v) is 7.02. The van der Waals surface area contributed by atoms with E-state index in [0.717, 1.165) is 5.56 Å². The van der Waals surface area contributed by atoms with Crippen molar-refractivity contribution in [3.63, 3.8) is 0 Å². The maximum Gasteiger partial charge on any atom is 0.328 e. The SMILES string of the molecule is C[C@H](NC(=O)/C=C/c1ccc(Cl)cc1)C(=O)OC(C)(C)C. The fraction of sp³-hybridized carbons (Fsp3) is 0.375. The van der Waals surface area contributed by atoms with Crippen LogP contribution in [0.3, 0.4) is 0 Å². The molecule has 0 aliphatic heterocycles. The number of nitrogens with one attached hydrogen (secondary N) is 1. The number of amides is 1. The van der Waals surface area contributed by atoms with Crippen LogP contribution in [0.4, 0.5) is 0 Å². The van der Waals surface area contributed by atoms with Gasteiger partial charge in [0, 0.05) is 11.1 Å². The molecule has 0 unspecified atom stereocenters. The molecule has 1 rings (SSSR count). The smallest absolute Gasteiger partial charge is 0.328 e. The highest BCUT2D eigenvalue weighted by molar-refractivity contribution is 6.30. The number of halogens is 1. The molecule has 0 aromatic heterocycles. The highest BCUT2D eigenvalue weighted by Gasteiger charge is 2.22. The maximum atomic E-state index is 11.7. The van der Waals surface area contributed by atoms with Gasteiger partial charge >= 0.3 is 5.97 Å². The second-order valence-electron chi connectivity index (χ2n) is 5.65. The van der Waals surface area contributed by atoms with E-state index < -0.39 is 17.6 Å². The van der Waals surface area contributed by atoms with Crippen LogP contribution < -0.4 is 5.32 Å². The van der Waals surface area contributed by atoms with Crippen LogP contribution in [-0.4, -0.2) is 23.5 Å².